The molecule has 1 aromatic rings. The van der Waals surface area contributed by atoms with Gasteiger partial charge in [-0.2, -0.15) is 0 Å². The molecule has 2 heterocycles. The summed E-state index contributed by atoms with van der Waals surface area (Å²) in [5, 5.41) is 3.44. The summed E-state index contributed by atoms with van der Waals surface area (Å²) in [6.45, 7) is 5.30. The molecule has 1 saturated heterocycles. The van der Waals surface area contributed by atoms with Gasteiger partial charge in [-0.05, 0) is 37.6 Å². The smallest absolute Gasteiger partial charge is 0.161 e. The predicted molar refractivity (Wildman–Crippen MR) is 81.9 cm³/mol. The molecule has 0 aromatic heterocycles. The molecule has 1 aromatic carbocycles. The second-order valence-corrected chi connectivity index (χ2v) is 6.18. The first-order valence-electron chi connectivity index (χ1n) is 7.92. The molecule has 2 aliphatic heterocycles. The van der Waals surface area contributed by atoms with Crippen LogP contribution in [-0.2, 0) is 4.74 Å². The quantitative estimate of drug-likeness (QED) is 0.929. The molecule has 0 radical (unpaired) electrons. The molecule has 3 atom stereocenters. The van der Waals surface area contributed by atoms with Gasteiger partial charge in [-0.25, -0.2) is 0 Å². The summed E-state index contributed by atoms with van der Waals surface area (Å²) < 4.78 is 17.3. The molecule has 0 aliphatic carbocycles. The fourth-order valence-corrected chi connectivity index (χ4v) is 3.17. The molecular formula is C17H25NO3. The van der Waals surface area contributed by atoms with Crippen molar-refractivity contribution in [3.8, 4) is 11.5 Å². The van der Waals surface area contributed by atoms with Crippen LogP contribution in [0.4, 0.5) is 0 Å². The van der Waals surface area contributed by atoms with Crippen LogP contribution in [0.25, 0.3) is 0 Å². The summed E-state index contributed by atoms with van der Waals surface area (Å²) in [5.41, 5.74) is 1.25. The number of rotatable bonds is 3. The van der Waals surface area contributed by atoms with Crippen LogP contribution in [0, 0.1) is 11.8 Å². The van der Waals surface area contributed by atoms with Crippen molar-refractivity contribution in [1.29, 1.82) is 0 Å². The van der Waals surface area contributed by atoms with Crippen LogP contribution >= 0.6 is 0 Å². The van der Waals surface area contributed by atoms with Gasteiger partial charge in [0.2, 0.25) is 0 Å². The van der Waals surface area contributed by atoms with Crippen molar-refractivity contribution in [1.82, 2.24) is 5.32 Å². The van der Waals surface area contributed by atoms with Gasteiger partial charge < -0.3 is 19.5 Å². The van der Waals surface area contributed by atoms with Crippen molar-refractivity contribution in [3.63, 3.8) is 0 Å². The van der Waals surface area contributed by atoms with Gasteiger partial charge in [-0.3, -0.25) is 0 Å². The minimum Gasteiger partial charge on any atom is -0.489 e. The summed E-state index contributed by atoms with van der Waals surface area (Å²) in [4.78, 5) is 0. The molecule has 4 nitrogen and oxygen atoms in total. The number of nitrogens with one attached hydrogen (secondary N) is 1. The van der Waals surface area contributed by atoms with Crippen molar-refractivity contribution < 1.29 is 14.2 Å². The third-order valence-electron chi connectivity index (χ3n) is 4.35. The highest BCUT2D eigenvalue weighted by molar-refractivity contribution is 5.44. The van der Waals surface area contributed by atoms with Crippen molar-refractivity contribution in [2.75, 3.05) is 33.5 Å². The van der Waals surface area contributed by atoms with E-state index in [1.54, 1.807) is 0 Å². The Kier molecular flexibility index (Phi) is 4.66. The van der Waals surface area contributed by atoms with E-state index in [9.17, 15) is 0 Å². The zero-order valence-corrected chi connectivity index (χ0v) is 12.9. The lowest BCUT2D eigenvalue weighted by molar-refractivity contribution is 0.0401. The predicted octanol–water partition coefficient (Wildman–Crippen LogP) is 2.78. The van der Waals surface area contributed by atoms with E-state index in [4.69, 9.17) is 14.2 Å². The lowest BCUT2D eigenvalue weighted by Crippen LogP contribution is -2.31. The number of fused-ring (bicyclic) bond motifs is 1. The molecular weight excluding hydrogens is 266 g/mol. The van der Waals surface area contributed by atoms with Crippen LogP contribution in [0.3, 0.4) is 0 Å². The van der Waals surface area contributed by atoms with E-state index < -0.39 is 0 Å². The van der Waals surface area contributed by atoms with Crippen molar-refractivity contribution in [3.05, 3.63) is 23.8 Å². The Bertz CT molecular complexity index is 471. The van der Waals surface area contributed by atoms with Crippen LogP contribution < -0.4 is 14.8 Å². The van der Waals surface area contributed by atoms with E-state index in [0.29, 0.717) is 24.5 Å². The average molecular weight is 291 g/mol. The van der Waals surface area contributed by atoms with Gasteiger partial charge in [-0.1, -0.05) is 13.0 Å². The number of benzene rings is 1. The van der Waals surface area contributed by atoms with Crippen LogP contribution in [0.1, 0.15) is 31.4 Å². The first-order valence-corrected chi connectivity index (χ1v) is 7.92. The van der Waals surface area contributed by atoms with Crippen molar-refractivity contribution in [2.45, 2.75) is 25.8 Å². The zero-order chi connectivity index (χ0) is 14.7. The first kappa shape index (κ1) is 14.7. The molecule has 2 aliphatic rings. The molecule has 3 rings (SSSR count). The highest BCUT2D eigenvalue weighted by Crippen LogP contribution is 2.36. The number of ether oxygens (including phenoxy) is 3. The number of hydrogen-bond donors (Lipinski definition) is 1. The van der Waals surface area contributed by atoms with Crippen LogP contribution in [0.2, 0.25) is 0 Å². The highest BCUT2D eigenvalue weighted by Gasteiger charge is 2.26. The Morgan fingerprint density at radius 2 is 1.95 bits per heavy atom. The monoisotopic (exact) mass is 291 g/mol. The second-order valence-electron chi connectivity index (χ2n) is 6.18. The van der Waals surface area contributed by atoms with Crippen molar-refractivity contribution in [2.24, 2.45) is 11.8 Å². The summed E-state index contributed by atoms with van der Waals surface area (Å²) >= 11 is 0. The Labute approximate surface area is 126 Å². The molecule has 116 valence electrons. The van der Waals surface area contributed by atoms with Gasteiger partial charge in [0.25, 0.3) is 0 Å². The summed E-state index contributed by atoms with van der Waals surface area (Å²) in [6.07, 6.45) is 2.35. The maximum absolute atomic E-state index is 5.90. The van der Waals surface area contributed by atoms with Gasteiger partial charge in [0.05, 0.1) is 19.8 Å². The highest BCUT2D eigenvalue weighted by atomic mass is 16.5. The standard InChI is InChI=1S/C17H25NO3/c1-12-9-20-15-6-5-13(8-16(15)21-10-12)17(18-2)14-4-3-7-19-11-14/h5-6,8,12,14,17-18H,3-4,7,9-11H2,1-2H3. The normalized spacial score (nSPS) is 27.0. The minimum absolute atomic E-state index is 0.305. The van der Waals surface area contributed by atoms with E-state index in [-0.39, 0.29) is 0 Å². The van der Waals surface area contributed by atoms with Gasteiger partial charge >= 0.3 is 0 Å². The molecule has 1 N–H and O–H groups in total. The number of hydrogen-bond acceptors (Lipinski definition) is 4. The molecule has 1 fully saturated rings. The summed E-state index contributed by atoms with van der Waals surface area (Å²) in [5.74, 6) is 2.67. The van der Waals surface area contributed by atoms with Gasteiger partial charge in [0, 0.05) is 24.5 Å². The SMILES string of the molecule is CNC(c1ccc2c(c1)OCC(C)CO2)C1CCCOC1. The second kappa shape index (κ2) is 6.67. The van der Waals surface area contributed by atoms with Gasteiger partial charge in [0.1, 0.15) is 0 Å². The van der Waals surface area contributed by atoms with E-state index in [1.807, 2.05) is 13.1 Å². The van der Waals surface area contributed by atoms with Crippen molar-refractivity contribution >= 4 is 0 Å². The maximum atomic E-state index is 5.90. The largest absolute Gasteiger partial charge is 0.489 e. The van der Waals surface area contributed by atoms with E-state index in [2.05, 4.69) is 24.4 Å². The zero-order valence-electron chi connectivity index (χ0n) is 12.9. The topological polar surface area (TPSA) is 39.7 Å². The Balaban J connectivity index is 1.81. The Hall–Kier alpha value is -1.26. The van der Waals surface area contributed by atoms with E-state index in [1.165, 1.54) is 12.0 Å². The molecule has 0 bridgehead atoms. The summed E-state index contributed by atoms with van der Waals surface area (Å²) in [6, 6.07) is 6.62. The molecule has 4 heteroatoms. The van der Waals surface area contributed by atoms with Gasteiger partial charge in [0.15, 0.2) is 11.5 Å². The maximum Gasteiger partial charge on any atom is 0.161 e. The third kappa shape index (κ3) is 3.33. The lowest BCUT2D eigenvalue weighted by atomic mass is 9.88. The van der Waals surface area contributed by atoms with Crippen LogP contribution in [0.5, 0.6) is 11.5 Å². The van der Waals surface area contributed by atoms with Gasteiger partial charge in [-0.15, -0.1) is 0 Å². The molecule has 3 unspecified atom stereocenters. The average Bonchev–Trinajstić information content (AvgIpc) is 2.71. The van der Waals surface area contributed by atoms with E-state index >= 15 is 0 Å². The summed E-state index contributed by atoms with van der Waals surface area (Å²) in [7, 11) is 2.02. The molecule has 0 amide bonds. The molecule has 0 spiro atoms. The molecule has 0 saturated carbocycles. The van der Waals surface area contributed by atoms with Crippen LogP contribution in [0.15, 0.2) is 18.2 Å². The fraction of sp³-hybridized carbons (Fsp3) is 0.647. The minimum atomic E-state index is 0.305. The lowest BCUT2D eigenvalue weighted by Gasteiger charge is -2.30. The van der Waals surface area contributed by atoms with E-state index in [0.717, 1.165) is 37.7 Å². The van der Waals surface area contributed by atoms with Crippen LogP contribution in [-0.4, -0.2) is 33.5 Å². The third-order valence-corrected chi connectivity index (χ3v) is 4.35. The first-order chi connectivity index (χ1) is 10.3. The molecule has 21 heavy (non-hydrogen) atoms. The Morgan fingerprint density at radius 1 is 1.14 bits per heavy atom. The fourth-order valence-electron chi connectivity index (χ4n) is 3.17. The Morgan fingerprint density at radius 3 is 2.67 bits per heavy atom.